The van der Waals surface area contributed by atoms with E-state index < -0.39 is 5.91 Å². The molecule has 35 heavy (non-hydrogen) atoms. The molecule has 0 bridgehead atoms. The van der Waals surface area contributed by atoms with Crippen LogP contribution in [0.4, 0.5) is 15.1 Å². The van der Waals surface area contributed by atoms with Crippen molar-refractivity contribution in [3.05, 3.63) is 69.3 Å². The Morgan fingerprint density at radius 1 is 1.11 bits per heavy atom. The van der Waals surface area contributed by atoms with Crippen LogP contribution in [0.2, 0.25) is 0 Å². The van der Waals surface area contributed by atoms with E-state index >= 15 is 0 Å². The second-order valence-corrected chi connectivity index (χ2v) is 10.3. The second-order valence-electron chi connectivity index (χ2n) is 8.54. The molecule has 5 rings (SSSR count). The maximum Gasteiger partial charge on any atom is 0.290 e. The summed E-state index contributed by atoms with van der Waals surface area (Å²) in [7, 11) is 0. The Labute approximate surface area is 210 Å². The number of amides is 2. The highest BCUT2D eigenvalue weighted by Gasteiger charge is 2.25. The summed E-state index contributed by atoms with van der Waals surface area (Å²) in [5.74, 6) is -0.109. The van der Waals surface area contributed by atoms with Crippen molar-refractivity contribution in [2.45, 2.75) is 44.3 Å². The van der Waals surface area contributed by atoms with Crippen molar-refractivity contribution in [2.24, 2.45) is 0 Å². The number of imide groups is 1. The van der Waals surface area contributed by atoms with Gasteiger partial charge in [-0.15, -0.1) is 0 Å². The van der Waals surface area contributed by atoms with Gasteiger partial charge in [0, 0.05) is 24.8 Å². The summed E-state index contributed by atoms with van der Waals surface area (Å²) < 4.78 is 13.8. The zero-order valence-corrected chi connectivity index (χ0v) is 20.4. The molecular formula is C25H24FN5O2S2. The van der Waals surface area contributed by atoms with E-state index in [1.165, 1.54) is 6.07 Å². The number of carbonyl (C=O) groups is 2. The molecule has 3 N–H and O–H groups in total. The van der Waals surface area contributed by atoms with E-state index in [0.29, 0.717) is 29.1 Å². The summed E-state index contributed by atoms with van der Waals surface area (Å²) in [5, 5.41) is 13.0. The van der Waals surface area contributed by atoms with Crippen molar-refractivity contribution in [1.29, 1.82) is 0 Å². The lowest BCUT2D eigenvalue weighted by Crippen LogP contribution is -2.37. The Bertz CT molecular complexity index is 1260. The molecule has 2 aromatic heterocycles. The van der Waals surface area contributed by atoms with Gasteiger partial charge in [0.05, 0.1) is 10.6 Å². The van der Waals surface area contributed by atoms with Gasteiger partial charge in [-0.25, -0.2) is 14.4 Å². The number of aromatic nitrogens is 2. The molecule has 3 aromatic rings. The average molecular weight is 510 g/mol. The zero-order chi connectivity index (χ0) is 24.2. The summed E-state index contributed by atoms with van der Waals surface area (Å²) >= 11 is 2.48. The smallest absolute Gasteiger partial charge is 0.290 e. The average Bonchev–Trinajstić information content (AvgIpc) is 3.49. The number of hydrogen-bond acceptors (Lipinski definition) is 8. The number of rotatable bonds is 7. The van der Waals surface area contributed by atoms with Crippen molar-refractivity contribution in [1.82, 2.24) is 20.6 Å². The van der Waals surface area contributed by atoms with E-state index in [2.05, 4.69) is 25.9 Å². The molecule has 2 fully saturated rings. The van der Waals surface area contributed by atoms with Crippen LogP contribution in [-0.2, 0) is 11.3 Å². The van der Waals surface area contributed by atoms with Crippen LogP contribution in [0.25, 0.3) is 17.2 Å². The van der Waals surface area contributed by atoms with E-state index in [0.717, 1.165) is 54.1 Å². The van der Waals surface area contributed by atoms with E-state index in [1.54, 1.807) is 35.7 Å². The number of benzene rings is 1. The number of hydrogen-bond donors (Lipinski definition) is 3. The number of anilines is 1. The van der Waals surface area contributed by atoms with Crippen molar-refractivity contribution in [2.75, 3.05) is 5.32 Å². The fraction of sp³-hybridized carbons (Fsp3) is 0.280. The minimum absolute atomic E-state index is 0.220. The summed E-state index contributed by atoms with van der Waals surface area (Å²) in [6.07, 6.45) is 7.20. The highest BCUT2D eigenvalue weighted by Crippen LogP contribution is 2.28. The number of halogens is 1. The minimum atomic E-state index is -0.401. The van der Waals surface area contributed by atoms with Gasteiger partial charge in [0.25, 0.3) is 11.1 Å². The first-order valence-electron chi connectivity index (χ1n) is 11.4. The van der Waals surface area contributed by atoms with Crippen LogP contribution in [0.5, 0.6) is 0 Å². The van der Waals surface area contributed by atoms with Crippen LogP contribution < -0.4 is 16.0 Å². The molecular weight excluding hydrogens is 485 g/mol. The van der Waals surface area contributed by atoms with E-state index in [1.807, 2.05) is 22.9 Å². The number of nitrogens with zero attached hydrogens (tertiary/aromatic N) is 2. The molecule has 0 radical (unpaired) electrons. The van der Waals surface area contributed by atoms with Crippen LogP contribution in [0.15, 0.2) is 52.2 Å². The number of carbonyl (C=O) groups excluding carboxylic acids is 2. The van der Waals surface area contributed by atoms with Crippen LogP contribution >= 0.6 is 23.1 Å². The van der Waals surface area contributed by atoms with Crippen LogP contribution in [-0.4, -0.2) is 33.2 Å². The standard InChI is InChI=1S/C25H24FN5O2S2/c26-17-2-1-15(21(11-17)16-8-10-34-14-16)13-28-18-3-5-19(6-4-18)29-24-27-9-7-20(30-24)12-22-23(32)31-25(33)35-22/h1-2,7-12,14,18-19,28H,3-6,13H2,(H,27,29,30)(H,31,32,33)/b22-12+. The summed E-state index contributed by atoms with van der Waals surface area (Å²) in [6.45, 7) is 0.697. The molecule has 3 heterocycles. The summed E-state index contributed by atoms with van der Waals surface area (Å²) in [4.78, 5) is 32.2. The normalized spacial score (nSPS) is 21.3. The highest BCUT2D eigenvalue weighted by molar-refractivity contribution is 8.18. The van der Waals surface area contributed by atoms with E-state index in [-0.39, 0.29) is 17.1 Å². The van der Waals surface area contributed by atoms with Crippen molar-refractivity contribution in [3.63, 3.8) is 0 Å². The Balaban J connectivity index is 1.14. The van der Waals surface area contributed by atoms with Gasteiger partial charge < -0.3 is 10.6 Å². The highest BCUT2D eigenvalue weighted by atomic mass is 32.2. The maximum absolute atomic E-state index is 13.8. The van der Waals surface area contributed by atoms with Crippen LogP contribution in [0.3, 0.4) is 0 Å². The topological polar surface area (TPSA) is 96.0 Å². The molecule has 1 aliphatic heterocycles. The molecule has 10 heteroatoms. The quantitative estimate of drug-likeness (QED) is 0.378. The molecule has 180 valence electrons. The van der Waals surface area contributed by atoms with Gasteiger partial charge in [-0.1, -0.05) is 6.07 Å². The molecule has 1 saturated heterocycles. The number of nitrogens with one attached hydrogen (secondary N) is 3. The molecule has 0 atom stereocenters. The minimum Gasteiger partial charge on any atom is -0.351 e. The van der Waals surface area contributed by atoms with Gasteiger partial charge in [-0.2, -0.15) is 11.3 Å². The first-order chi connectivity index (χ1) is 17.0. The Hall–Kier alpha value is -3.08. The number of thiophene rings is 1. The van der Waals surface area contributed by atoms with Gasteiger partial charge in [-0.3, -0.25) is 14.9 Å². The molecule has 1 aliphatic carbocycles. The molecule has 1 aromatic carbocycles. The van der Waals surface area contributed by atoms with Crippen molar-refractivity contribution in [3.8, 4) is 11.1 Å². The lowest BCUT2D eigenvalue weighted by molar-refractivity contribution is -0.115. The fourth-order valence-electron chi connectivity index (χ4n) is 4.35. The van der Waals surface area contributed by atoms with Crippen LogP contribution in [0, 0.1) is 5.82 Å². The monoisotopic (exact) mass is 509 g/mol. The Morgan fingerprint density at radius 2 is 1.94 bits per heavy atom. The third kappa shape index (κ3) is 5.95. The van der Waals surface area contributed by atoms with E-state index in [4.69, 9.17) is 0 Å². The Kier molecular flexibility index (Phi) is 7.21. The lowest BCUT2D eigenvalue weighted by atomic mass is 9.91. The van der Waals surface area contributed by atoms with Gasteiger partial charge >= 0.3 is 0 Å². The first-order valence-corrected chi connectivity index (χ1v) is 13.2. The fourth-order valence-corrected chi connectivity index (χ4v) is 5.67. The molecule has 0 unspecified atom stereocenters. The summed E-state index contributed by atoms with van der Waals surface area (Å²) in [5.41, 5.74) is 3.67. The SMILES string of the molecule is O=C1NC(=O)/C(=C\c2ccnc(NC3CCC(NCc4ccc(F)cc4-c4ccsc4)CC3)n2)S1. The van der Waals surface area contributed by atoms with Crippen molar-refractivity contribution < 1.29 is 14.0 Å². The molecule has 7 nitrogen and oxygen atoms in total. The predicted molar refractivity (Wildman–Crippen MR) is 137 cm³/mol. The molecule has 2 aliphatic rings. The molecule has 2 amide bonds. The predicted octanol–water partition coefficient (Wildman–Crippen LogP) is 5.18. The zero-order valence-electron chi connectivity index (χ0n) is 18.8. The van der Waals surface area contributed by atoms with Crippen LogP contribution in [0.1, 0.15) is 36.9 Å². The maximum atomic E-state index is 13.8. The van der Waals surface area contributed by atoms with Gasteiger partial charge in [0.2, 0.25) is 5.95 Å². The number of thioether (sulfide) groups is 1. The third-order valence-electron chi connectivity index (χ3n) is 6.14. The summed E-state index contributed by atoms with van der Waals surface area (Å²) in [6, 6.07) is 9.37. The molecule has 0 spiro atoms. The first kappa shape index (κ1) is 23.7. The largest absolute Gasteiger partial charge is 0.351 e. The third-order valence-corrected chi connectivity index (χ3v) is 7.64. The Morgan fingerprint density at radius 3 is 2.69 bits per heavy atom. The van der Waals surface area contributed by atoms with Gasteiger partial charge in [0.15, 0.2) is 0 Å². The van der Waals surface area contributed by atoms with Crippen molar-refractivity contribution >= 4 is 46.3 Å². The van der Waals surface area contributed by atoms with E-state index in [9.17, 15) is 14.0 Å². The lowest BCUT2D eigenvalue weighted by Gasteiger charge is -2.30. The second kappa shape index (κ2) is 10.7. The van der Waals surface area contributed by atoms with Gasteiger partial charge in [0.1, 0.15) is 5.82 Å². The van der Waals surface area contributed by atoms with Gasteiger partial charge in [-0.05, 0) is 95.2 Å². The molecule has 1 saturated carbocycles.